The third kappa shape index (κ3) is 6.14. The van der Waals surface area contributed by atoms with Crippen LogP contribution in [-0.2, 0) is 9.59 Å². The number of phenols is 1. The predicted molar refractivity (Wildman–Crippen MR) is 113 cm³/mol. The molecule has 7 heteroatoms. The Balaban J connectivity index is 1.38. The van der Waals surface area contributed by atoms with E-state index in [4.69, 9.17) is 9.47 Å². The van der Waals surface area contributed by atoms with Gasteiger partial charge in [-0.15, -0.1) is 0 Å². The summed E-state index contributed by atoms with van der Waals surface area (Å²) in [6, 6.07) is 13.8. The Morgan fingerprint density at radius 3 is 2.30 bits per heavy atom. The second-order valence-electron chi connectivity index (χ2n) is 7.52. The van der Waals surface area contributed by atoms with E-state index < -0.39 is 6.10 Å². The summed E-state index contributed by atoms with van der Waals surface area (Å²) >= 11 is 0. The normalized spacial score (nSPS) is 15.3. The number of ether oxygens (including phenoxy) is 2. The van der Waals surface area contributed by atoms with Crippen LogP contribution in [0.15, 0.2) is 48.5 Å². The summed E-state index contributed by atoms with van der Waals surface area (Å²) in [5.74, 6) is 1.09. The van der Waals surface area contributed by atoms with Crippen molar-refractivity contribution in [3.8, 4) is 17.2 Å². The number of nitrogens with zero attached hydrogens (tertiary/aromatic N) is 1. The van der Waals surface area contributed by atoms with Crippen molar-refractivity contribution in [2.75, 3.05) is 19.7 Å². The van der Waals surface area contributed by atoms with E-state index in [1.165, 1.54) is 12.1 Å². The number of carbonyl (C=O) groups is 2. The standard InChI is InChI=1S/C23H28N2O5/c1-16-3-7-20(8-4-16)29-15-22(27)25-13-11-18(12-14-25)24-23(28)17(2)30-21-9-5-19(26)6-10-21/h3-10,17-18,26H,11-15H2,1-2H3,(H,24,28). The van der Waals surface area contributed by atoms with E-state index in [9.17, 15) is 14.7 Å². The lowest BCUT2D eigenvalue weighted by Crippen LogP contribution is -2.50. The van der Waals surface area contributed by atoms with Crippen LogP contribution in [0.2, 0.25) is 0 Å². The van der Waals surface area contributed by atoms with Crippen molar-refractivity contribution in [1.82, 2.24) is 10.2 Å². The van der Waals surface area contributed by atoms with Gasteiger partial charge in [0.05, 0.1) is 0 Å². The van der Waals surface area contributed by atoms with Crippen LogP contribution in [0.1, 0.15) is 25.3 Å². The average Bonchev–Trinajstić information content (AvgIpc) is 2.75. The zero-order chi connectivity index (χ0) is 21.5. The highest BCUT2D eigenvalue weighted by molar-refractivity contribution is 5.81. The maximum absolute atomic E-state index is 12.4. The number of carbonyl (C=O) groups excluding carboxylic acids is 2. The number of amides is 2. The van der Waals surface area contributed by atoms with Crippen molar-refractivity contribution in [2.45, 2.75) is 38.8 Å². The maximum Gasteiger partial charge on any atom is 0.260 e. The van der Waals surface area contributed by atoms with Crippen LogP contribution in [0.3, 0.4) is 0 Å². The van der Waals surface area contributed by atoms with Crippen LogP contribution in [0, 0.1) is 6.92 Å². The number of likely N-dealkylation sites (tertiary alicyclic amines) is 1. The first-order chi connectivity index (χ1) is 14.4. The number of nitrogens with one attached hydrogen (secondary N) is 1. The van der Waals surface area contributed by atoms with E-state index in [-0.39, 0.29) is 30.2 Å². The fourth-order valence-electron chi connectivity index (χ4n) is 3.24. The van der Waals surface area contributed by atoms with Gasteiger partial charge in [0, 0.05) is 19.1 Å². The molecule has 0 saturated carbocycles. The van der Waals surface area contributed by atoms with Crippen LogP contribution >= 0.6 is 0 Å². The van der Waals surface area contributed by atoms with Crippen molar-refractivity contribution in [2.24, 2.45) is 0 Å². The van der Waals surface area contributed by atoms with Crippen LogP contribution < -0.4 is 14.8 Å². The van der Waals surface area contributed by atoms with Crippen LogP contribution in [0.5, 0.6) is 17.2 Å². The summed E-state index contributed by atoms with van der Waals surface area (Å²) in [6.07, 6.45) is 0.721. The second-order valence-corrected chi connectivity index (χ2v) is 7.52. The zero-order valence-electron chi connectivity index (χ0n) is 17.3. The van der Waals surface area contributed by atoms with Crippen molar-refractivity contribution in [1.29, 1.82) is 0 Å². The molecule has 2 aromatic carbocycles. The van der Waals surface area contributed by atoms with Gasteiger partial charge < -0.3 is 24.8 Å². The number of hydrogen-bond donors (Lipinski definition) is 2. The minimum Gasteiger partial charge on any atom is -0.508 e. The fraction of sp³-hybridized carbons (Fsp3) is 0.391. The summed E-state index contributed by atoms with van der Waals surface area (Å²) in [7, 11) is 0. The molecule has 7 nitrogen and oxygen atoms in total. The Hall–Kier alpha value is -3.22. The van der Waals surface area contributed by atoms with E-state index in [1.807, 2.05) is 31.2 Å². The number of rotatable bonds is 7. The number of phenolic OH excluding ortho intramolecular Hbond substituents is 1. The second kappa shape index (κ2) is 10.0. The summed E-state index contributed by atoms with van der Waals surface area (Å²) in [5, 5.41) is 12.3. The molecule has 1 aliphatic rings. The SMILES string of the molecule is Cc1ccc(OCC(=O)N2CCC(NC(=O)C(C)Oc3ccc(O)cc3)CC2)cc1. The number of aryl methyl sites for hydroxylation is 1. The largest absolute Gasteiger partial charge is 0.508 e. The highest BCUT2D eigenvalue weighted by Gasteiger charge is 2.26. The highest BCUT2D eigenvalue weighted by Crippen LogP contribution is 2.18. The zero-order valence-corrected chi connectivity index (χ0v) is 17.3. The molecule has 1 unspecified atom stereocenters. The Morgan fingerprint density at radius 1 is 1.07 bits per heavy atom. The Bertz CT molecular complexity index is 843. The molecule has 1 aliphatic heterocycles. The van der Waals surface area contributed by atoms with E-state index in [0.717, 1.165) is 5.56 Å². The summed E-state index contributed by atoms with van der Waals surface area (Å²) in [6.45, 7) is 4.85. The quantitative estimate of drug-likeness (QED) is 0.730. The van der Waals surface area contributed by atoms with E-state index in [0.29, 0.717) is 37.4 Å². The van der Waals surface area contributed by atoms with E-state index in [2.05, 4.69) is 5.32 Å². The third-order valence-corrected chi connectivity index (χ3v) is 5.10. The number of hydrogen-bond acceptors (Lipinski definition) is 5. The Morgan fingerprint density at radius 2 is 1.67 bits per heavy atom. The average molecular weight is 412 g/mol. The smallest absolute Gasteiger partial charge is 0.260 e. The molecule has 0 aliphatic carbocycles. The van der Waals surface area contributed by atoms with Crippen LogP contribution in [0.25, 0.3) is 0 Å². The van der Waals surface area contributed by atoms with Crippen LogP contribution in [-0.4, -0.2) is 53.7 Å². The summed E-state index contributed by atoms with van der Waals surface area (Å²) in [5.41, 5.74) is 1.14. The molecule has 30 heavy (non-hydrogen) atoms. The molecule has 1 fully saturated rings. The van der Waals surface area contributed by atoms with Crippen molar-refractivity contribution >= 4 is 11.8 Å². The molecule has 0 bridgehead atoms. The molecular weight excluding hydrogens is 384 g/mol. The summed E-state index contributed by atoms with van der Waals surface area (Å²) < 4.78 is 11.2. The lowest BCUT2D eigenvalue weighted by molar-refractivity contribution is -0.134. The minimum absolute atomic E-state index is 0.00503. The Kier molecular flexibility index (Phi) is 7.17. The molecule has 1 saturated heterocycles. The molecule has 1 atom stereocenters. The molecular formula is C23H28N2O5. The van der Waals surface area contributed by atoms with Crippen LogP contribution in [0.4, 0.5) is 0 Å². The molecule has 3 rings (SSSR count). The van der Waals surface area contributed by atoms with Crippen molar-refractivity contribution < 1.29 is 24.2 Å². The lowest BCUT2D eigenvalue weighted by Gasteiger charge is -2.32. The van der Waals surface area contributed by atoms with Gasteiger partial charge in [-0.2, -0.15) is 0 Å². The third-order valence-electron chi connectivity index (χ3n) is 5.10. The molecule has 0 radical (unpaired) electrons. The molecule has 0 spiro atoms. The van der Waals surface area contributed by atoms with Gasteiger partial charge in [-0.1, -0.05) is 17.7 Å². The first kappa shape index (κ1) is 21.5. The van der Waals surface area contributed by atoms with Gasteiger partial charge in [0.1, 0.15) is 17.2 Å². The van der Waals surface area contributed by atoms with Gasteiger partial charge in [0.2, 0.25) is 0 Å². The van der Waals surface area contributed by atoms with E-state index >= 15 is 0 Å². The van der Waals surface area contributed by atoms with Gasteiger partial charge in [-0.25, -0.2) is 0 Å². The number of aromatic hydroxyl groups is 1. The maximum atomic E-state index is 12.4. The number of benzene rings is 2. The topological polar surface area (TPSA) is 88.1 Å². The molecule has 0 aromatic heterocycles. The molecule has 2 amide bonds. The van der Waals surface area contributed by atoms with Gasteiger partial charge in [-0.3, -0.25) is 9.59 Å². The fourth-order valence-corrected chi connectivity index (χ4v) is 3.24. The van der Waals surface area contributed by atoms with E-state index in [1.54, 1.807) is 24.0 Å². The lowest BCUT2D eigenvalue weighted by atomic mass is 10.0. The molecule has 160 valence electrons. The van der Waals surface area contributed by atoms with Gasteiger partial charge in [0.15, 0.2) is 12.7 Å². The van der Waals surface area contributed by atoms with Gasteiger partial charge >= 0.3 is 0 Å². The predicted octanol–water partition coefficient (Wildman–Crippen LogP) is 2.65. The molecule has 2 aromatic rings. The minimum atomic E-state index is -0.655. The van der Waals surface area contributed by atoms with Gasteiger partial charge in [-0.05, 0) is 63.1 Å². The van der Waals surface area contributed by atoms with Gasteiger partial charge in [0.25, 0.3) is 11.8 Å². The van der Waals surface area contributed by atoms with Crippen molar-refractivity contribution in [3.63, 3.8) is 0 Å². The first-order valence-electron chi connectivity index (χ1n) is 10.1. The monoisotopic (exact) mass is 412 g/mol. The molecule has 1 heterocycles. The Labute approximate surface area is 176 Å². The first-order valence-corrected chi connectivity index (χ1v) is 10.1. The number of piperidine rings is 1. The summed E-state index contributed by atoms with van der Waals surface area (Å²) in [4.78, 5) is 26.5. The van der Waals surface area contributed by atoms with Crippen molar-refractivity contribution in [3.05, 3.63) is 54.1 Å². The molecule has 2 N–H and O–H groups in total. The highest BCUT2D eigenvalue weighted by atomic mass is 16.5.